The molecule has 5 nitrogen and oxygen atoms in total. The van der Waals surface area contributed by atoms with Gasteiger partial charge in [-0.3, -0.25) is 4.79 Å². The van der Waals surface area contributed by atoms with Crippen LogP contribution in [-0.4, -0.2) is 27.5 Å². The van der Waals surface area contributed by atoms with Gasteiger partial charge < -0.3 is 14.8 Å². The topological polar surface area (TPSA) is 86.2 Å². The van der Waals surface area contributed by atoms with Gasteiger partial charge in [0.05, 0.1) is 19.3 Å². The Morgan fingerprint density at radius 2 is 2.36 bits per heavy atom. The lowest BCUT2D eigenvalue weighted by atomic mass is 10.3. The van der Waals surface area contributed by atoms with Crippen molar-refractivity contribution in [1.82, 2.24) is 4.57 Å². The molecule has 74 valence electrons. The van der Waals surface area contributed by atoms with Gasteiger partial charge >= 0.3 is 0 Å². The molecule has 0 amide bonds. The monoisotopic (exact) mass is 194 g/mol. The Morgan fingerprint density at radius 1 is 1.64 bits per heavy atom. The Hall–Kier alpha value is -1.64. The van der Waals surface area contributed by atoms with E-state index in [1.807, 2.05) is 0 Å². The molecule has 0 saturated carbocycles. The van der Waals surface area contributed by atoms with Crippen molar-refractivity contribution in [1.29, 1.82) is 5.26 Å². The predicted molar refractivity (Wildman–Crippen MR) is 48.5 cm³/mol. The highest BCUT2D eigenvalue weighted by atomic mass is 16.3. The van der Waals surface area contributed by atoms with E-state index in [0.717, 1.165) is 0 Å². The van der Waals surface area contributed by atoms with Gasteiger partial charge in [0.2, 0.25) is 0 Å². The molecule has 0 aromatic carbocycles. The number of pyridine rings is 1. The number of hydrogen-bond acceptors (Lipinski definition) is 4. The molecule has 2 N–H and O–H groups in total. The molecule has 0 saturated heterocycles. The van der Waals surface area contributed by atoms with E-state index in [-0.39, 0.29) is 12.1 Å². The van der Waals surface area contributed by atoms with Crippen LogP contribution in [0, 0.1) is 11.3 Å². The van der Waals surface area contributed by atoms with Crippen molar-refractivity contribution < 1.29 is 10.2 Å². The van der Waals surface area contributed by atoms with Crippen molar-refractivity contribution in [2.75, 3.05) is 6.61 Å². The summed E-state index contributed by atoms with van der Waals surface area (Å²) in [6, 6.07) is 4.70. The zero-order valence-electron chi connectivity index (χ0n) is 7.42. The van der Waals surface area contributed by atoms with Crippen molar-refractivity contribution >= 4 is 0 Å². The quantitative estimate of drug-likeness (QED) is 0.651. The summed E-state index contributed by atoms with van der Waals surface area (Å²) in [5.41, 5.74) is -0.430. The zero-order chi connectivity index (χ0) is 10.6. The highest BCUT2D eigenvalue weighted by Crippen LogP contribution is 1.92. The van der Waals surface area contributed by atoms with E-state index < -0.39 is 18.3 Å². The smallest absolute Gasteiger partial charge is 0.268 e. The van der Waals surface area contributed by atoms with Crippen LogP contribution in [-0.2, 0) is 6.54 Å². The minimum Gasteiger partial charge on any atom is -0.394 e. The Bertz CT molecular complexity index is 405. The summed E-state index contributed by atoms with van der Waals surface area (Å²) < 4.78 is 1.19. The molecule has 0 bridgehead atoms. The first kappa shape index (κ1) is 10.4. The van der Waals surface area contributed by atoms with Crippen molar-refractivity contribution in [2.45, 2.75) is 12.6 Å². The fourth-order valence-electron chi connectivity index (χ4n) is 1.05. The van der Waals surface area contributed by atoms with E-state index in [9.17, 15) is 4.79 Å². The predicted octanol–water partition coefficient (Wildman–Crippen LogP) is -0.927. The molecular weight excluding hydrogens is 184 g/mol. The number of nitriles is 1. The standard InChI is InChI=1S/C9H10N2O3/c10-4-7-2-1-3-11(9(7)14)5-8(13)6-12/h1-3,8,12-13H,5-6H2. The largest absolute Gasteiger partial charge is 0.394 e. The van der Waals surface area contributed by atoms with E-state index in [4.69, 9.17) is 15.5 Å². The summed E-state index contributed by atoms with van der Waals surface area (Å²) in [6.45, 7) is -0.423. The van der Waals surface area contributed by atoms with Crippen LogP contribution in [0.3, 0.4) is 0 Å². The molecule has 1 atom stereocenters. The number of hydrogen-bond donors (Lipinski definition) is 2. The molecule has 0 aliphatic rings. The van der Waals surface area contributed by atoms with Crippen LogP contribution in [0.1, 0.15) is 5.56 Å². The van der Waals surface area contributed by atoms with Crippen molar-refractivity contribution in [3.63, 3.8) is 0 Å². The Kier molecular flexibility index (Phi) is 3.40. The Morgan fingerprint density at radius 3 is 2.93 bits per heavy atom. The maximum atomic E-state index is 11.4. The average Bonchev–Trinajstić information content (AvgIpc) is 2.21. The maximum absolute atomic E-state index is 11.4. The fourth-order valence-corrected chi connectivity index (χ4v) is 1.05. The van der Waals surface area contributed by atoms with E-state index in [1.165, 1.54) is 16.8 Å². The minimum absolute atomic E-state index is 0.00907. The molecule has 1 aromatic rings. The van der Waals surface area contributed by atoms with Crippen LogP contribution in [0.25, 0.3) is 0 Å². The first-order chi connectivity index (χ1) is 6.69. The van der Waals surface area contributed by atoms with E-state index in [2.05, 4.69) is 0 Å². The SMILES string of the molecule is N#Cc1cccn(CC(O)CO)c1=O. The van der Waals surface area contributed by atoms with Crippen LogP contribution < -0.4 is 5.56 Å². The van der Waals surface area contributed by atoms with Gasteiger partial charge in [-0.25, -0.2) is 0 Å². The molecule has 1 aromatic heterocycles. The minimum atomic E-state index is -0.985. The first-order valence-corrected chi connectivity index (χ1v) is 4.07. The second kappa shape index (κ2) is 4.56. The molecule has 1 unspecified atom stereocenters. The number of aliphatic hydroxyl groups is 2. The van der Waals surface area contributed by atoms with E-state index in [0.29, 0.717) is 0 Å². The van der Waals surface area contributed by atoms with Gasteiger partial charge in [0.25, 0.3) is 5.56 Å². The van der Waals surface area contributed by atoms with Crippen LogP contribution in [0.2, 0.25) is 0 Å². The lowest BCUT2D eigenvalue weighted by Crippen LogP contribution is -2.29. The lowest BCUT2D eigenvalue weighted by Gasteiger charge is -2.09. The molecule has 0 fully saturated rings. The van der Waals surface area contributed by atoms with Gasteiger partial charge in [-0.1, -0.05) is 0 Å². The zero-order valence-corrected chi connectivity index (χ0v) is 7.42. The fraction of sp³-hybridized carbons (Fsp3) is 0.333. The number of aromatic nitrogens is 1. The van der Waals surface area contributed by atoms with Gasteiger partial charge in [-0.05, 0) is 12.1 Å². The Labute approximate surface area is 80.5 Å². The molecule has 0 radical (unpaired) electrons. The van der Waals surface area contributed by atoms with Gasteiger partial charge in [0.1, 0.15) is 11.6 Å². The summed E-state index contributed by atoms with van der Waals surface area (Å²) in [5.74, 6) is 0. The molecule has 14 heavy (non-hydrogen) atoms. The Balaban J connectivity index is 3.00. The van der Waals surface area contributed by atoms with Crippen molar-refractivity contribution in [2.24, 2.45) is 0 Å². The third-order valence-electron chi connectivity index (χ3n) is 1.76. The summed E-state index contributed by atoms with van der Waals surface area (Å²) in [4.78, 5) is 11.4. The molecule has 1 rings (SSSR count). The van der Waals surface area contributed by atoms with Crippen molar-refractivity contribution in [3.05, 3.63) is 34.2 Å². The average molecular weight is 194 g/mol. The maximum Gasteiger partial charge on any atom is 0.268 e. The third kappa shape index (κ3) is 2.19. The van der Waals surface area contributed by atoms with Gasteiger partial charge in [-0.2, -0.15) is 5.26 Å². The van der Waals surface area contributed by atoms with Crippen LogP contribution in [0.15, 0.2) is 23.1 Å². The van der Waals surface area contributed by atoms with E-state index >= 15 is 0 Å². The third-order valence-corrected chi connectivity index (χ3v) is 1.76. The van der Waals surface area contributed by atoms with Gasteiger partial charge in [0, 0.05) is 6.20 Å². The highest BCUT2D eigenvalue weighted by molar-refractivity contribution is 5.24. The molecule has 0 aliphatic heterocycles. The normalized spacial score (nSPS) is 12.1. The number of rotatable bonds is 3. The first-order valence-electron chi connectivity index (χ1n) is 4.07. The lowest BCUT2D eigenvalue weighted by molar-refractivity contribution is 0.0803. The van der Waals surface area contributed by atoms with Crippen molar-refractivity contribution in [3.8, 4) is 6.07 Å². The number of aliphatic hydroxyl groups excluding tert-OH is 2. The van der Waals surface area contributed by atoms with Crippen LogP contribution >= 0.6 is 0 Å². The van der Waals surface area contributed by atoms with Gasteiger partial charge in [-0.15, -0.1) is 0 Å². The summed E-state index contributed by atoms with van der Waals surface area (Å²) in [7, 11) is 0. The molecular formula is C9H10N2O3. The van der Waals surface area contributed by atoms with Gasteiger partial charge in [0.15, 0.2) is 0 Å². The van der Waals surface area contributed by atoms with Crippen LogP contribution in [0.5, 0.6) is 0 Å². The number of nitrogens with zero attached hydrogens (tertiary/aromatic N) is 2. The second-order valence-electron chi connectivity index (χ2n) is 2.83. The molecule has 0 spiro atoms. The highest BCUT2D eigenvalue weighted by Gasteiger charge is 2.06. The summed E-state index contributed by atoms with van der Waals surface area (Å²) in [6.07, 6.45) is 0.476. The summed E-state index contributed by atoms with van der Waals surface area (Å²) in [5, 5.41) is 26.2. The molecule has 5 heteroatoms. The van der Waals surface area contributed by atoms with Crippen LogP contribution in [0.4, 0.5) is 0 Å². The molecule has 0 aliphatic carbocycles. The van der Waals surface area contributed by atoms with E-state index in [1.54, 1.807) is 12.1 Å². The molecule has 1 heterocycles. The second-order valence-corrected chi connectivity index (χ2v) is 2.83. The summed E-state index contributed by atoms with van der Waals surface area (Å²) >= 11 is 0.